The van der Waals surface area contributed by atoms with Crippen molar-refractivity contribution in [2.24, 2.45) is 0 Å². The van der Waals surface area contributed by atoms with Gasteiger partial charge < -0.3 is 11.1 Å². The Balaban J connectivity index is 2.06. The lowest BCUT2D eigenvalue weighted by Crippen LogP contribution is -1.99. The highest BCUT2D eigenvalue weighted by atomic mass is 15.1. The van der Waals surface area contributed by atoms with Crippen LogP contribution < -0.4 is 11.1 Å². The van der Waals surface area contributed by atoms with Crippen LogP contribution in [0.1, 0.15) is 11.1 Å². The zero-order chi connectivity index (χ0) is 11.4. The molecule has 16 heavy (non-hydrogen) atoms. The topological polar surface area (TPSA) is 90.5 Å². The molecule has 1 heterocycles. The van der Waals surface area contributed by atoms with Crippen LogP contribution in [-0.2, 0) is 6.54 Å². The molecule has 0 fully saturated rings. The van der Waals surface area contributed by atoms with E-state index in [9.17, 15) is 0 Å². The Morgan fingerprint density at radius 2 is 2.38 bits per heavy atom. The highest BCUT2D eigenvalue weighted by Crippen LogP contribution is 2.17. The van der Waals surface area contributed by atoms with E-state index in [4.69, 9.17) is 11.0 Å². The molecule has 0 saturated carbocycles. The second-order valence-electron chi connectivity index (χ2n) is 3.37. The third-order valence-electron chi connectivity index (χ3n) is 2.22. The van der Waals surface area contributed by atoms with Crippen LogP contribution in [0.25, 0.3) is 0 Å². The van der Waals surface area contributed by atoms with Gasteiger partial charge in [0.25, 0.3) is 0 Å². The fourth-order valence-corrected chi connectivity index (χ4v) is 1.35. The van der Waals surface area contributed by atoms with E-state index >= 15 is 0 Å². The lowest BCUT2D eigenvalue weighted by Gasteiger charge is -2.06. The first kappa shape index (κ1) is 10.1. The lowest BCUT2D eigenvalue weighted by molar-refractivity contribution is 1.09. The number of nitrogens with two attached hydrogens (primary N) is 1. The summed E-state index contributed by atoms with van der Waals surface area (Å²) >= 11 is 0. The maximum Gasteiger partial charge on any atom is 0.101 e. The van der Waals surface area contributed by atoms with Crippen molar-refractivity contribution in [2.45, 2.75) is 6.54 Å². The van der Waals surface area contributed by atoms with Gasteiger partial charge in [-0.2, -0.15) is 10.4 Å². The Morgan fingerprint density at radius 1 is 1.50 bits per heavy atom. The fourth-order valence-electron chi connectivity index (χ4n) is 1.35. The van der Waals surface area contributed by atoms with E-state index in [0.717, 1.165) is 11.3 Å². The van der Waals surface area contributed by atoms with Gasteiger partial charge in [-0.3, -0.25) is 5.10 Å². The van der Waals surface area contributed by atoms with Crippen LogP contribution in [0.2, 0.25) is 0 Å². The lowest BCUT2D eigenvalue weighted by atomic mass is 10.2. The SMILES string of the molecule is N#Cc1ccc(NCc2cn[nH]c2)cc1N. The van der Waals surface area contributed by atoms with Gasteiger partial charge in [-0.15, -0.1) is 0 Å². The number of hydrogen-bond donors (Lipinski definition) is 3. The van der Waals surface area contributed by atoms with Crippen LogP contribution in [-0.4, -0.2) is 10.2 Å². The number of H-pyrrole nitrogens is 1. The number of nitrogens with zero attached hydrogens (tertiary/aromatic N) is 2. The molecule has 2 aromatic rings. The Kier molecular flexibility index (Phi) is 2.74. The van der Waals surface area contributed by atoms with Gasteiger partial charge in [-0.1, -0.05) is 0 Å². The van der Waals surface area contributed by atoms with Crippen molar-refractivity contribution in [3.8, 4) is 6.07 Å². The van der Waals surface area contributed by atoms with Crippen LogP contribution >= 0.6 is 0 Å². The minimum atomic E-state index is 0.486. The third kappa shape index (κ3) is 2.12. The molecular weight excluding hydrogens is 202 g/mol. The summed E-state index contributed by atoms with van der Waals surface area (Å²) < 4.78 is 0. The molecule has 0 aliphatic rings. The Hall–Kier alpha value is -2.48. The van der Waals surface area contributed by atoms with E-state index < -0.39 is 0 Å². The van der Waals surface area contributed by atoms with Crippen molar-refractivity contribution in [1.29, 1.82) is 5.26 Å². The summed E-state index contributed by atoms with van der Waals surface area (Å²) in [6, 6.07) is 7.30. The predicted molar refractivity (Wildman–Crippen MR) is 61.5 cm³/mol. The smallest absolute Gasteiger partial charge is 0.101 e. The average molecular weight is 213 g/mol. The van der Waals surface area contributed by atoms with Crippen molar-refractivity contribution in [3.63, 3.8) is 0 Å². The molecule has 0 atom stereocenters. The van der Waals surface area contributed by atoms with Crippen molar-refractivity contribution >= 4 is 11.4 Å². The fraction of sp³-hybridized carbons (Fsp3) is 0.0909. The quantitative estimate of drug-likeness (QED) is 0.673. The summed E-state index contributed by atoms with van der Waals surface area (Å²) in [6.07, 6.45) is 3.57. The molecule has 0 spiro atoms. The highest BCUT2D eigenvalue weighted by molar-refractivity contribution is 5.62. The molecule has 0 aliphatic heterocycles. The summed E-state index contributed by atoms with van der Waals surface area (Å²) in [6.45, 7) is 0.668. The zero-order valence-electron chi connectivity index (χ0n) is 8.57. The molecule has 0 amide bonds. The normalized spacial score (nSPS) is 9.69. The first-order valence-corrected chi connectivity index (χ1v) is 4.81. The molecule has 0 aliphatic carbocycles. The van der Waals surface area contributed by atoms with E-state index in [1.807, 2.05) is 18.3 Å². The largest absolute Gasteiger partial charge is 0.398 e. The summed E-state index contributed by atoms with van der Waals surface area (Å²) in [4.78, 5) is 0. The van der Waals surface area contributed by atoms with Gasteiger partial charge in [0.1, 0.15) is 6.07 Å². The molecule has 2 rings (SSSR count). The molecule has 0 unspecified atom stereocenters. The molecule has 4 N–H and O–H groups in total. The van der Waals surface area contributed by atoms with Crippen LogP contribution in [0.15, 0.2) is 30.6 Å². The van der Waals surface area contributed by atoms with Gasteiger partial charge in [0.05, 0.1) is 17.4 Å². The molecule has 0 radical (unpaired) electrons. The number of anilines is 2. The predicted octanol–water partition coefficient (Wildman–Crippen LogP) is 1.48. The number of rotatable bonds is 3. The minimum Gasteiger partial charge on any atom is -0.398 e. The van der Waals surface area contributed by atoms with Crippen LogP contribution in [0.4, 0.5) is 11.4 Å². The van der Waals surface area contributed by atoms with Crippen molar-refractivity contribution < 1.29 is 0 Å². The molecule has 80 valence electrons. The number of nitrogens with one attached hydrogen (secondary N) is 2. The molecular formula is C11H11N5. The van der Waals surface area contributed by atoms with Gasteiger partial charge in [0.2, 0.25) is 0 Å². The summed E-state index contributed by atoms with van der Waals surface area (Å²) in [5.74, 6) is 0. The van der Waals surface area contributed by atoms with Gasteiger partial charge >= 0.3 is 0 Å². The Labute approximate surface area is 92.9 Å². The molecule has 1 aromatic carbocycles. The van der Waals surface area contributed by atoms with E-state index in [-0.39, 0.29) is 0 Å². The summed E-state index contributed by atoms with van der Waals surface area (Å²) in [5.41, 5.74) is 8.62. The third-order valence-corrected chi connectivity index (χ3v) is 2.22. The number of aromatic nitrogens is 2. The van der Waals surface area contributed by atoms with Gasteiger partial charge in [-0.05, 0) is 18.2 Å². The first-order chi connectivity index (χ1) is 7.79. The van der Waals surface area contributed by atoms with Gasteiger partial charge in [-0.25, -0.2) is 0 Å². The van der Waals surface area contributed by atoms with Gasteiger partial charge in [0.15, 0.2) is 0 Å². The van der Waals surface area contributed by atoms with E-state index in [1.54, 1.807) is 18.3 Å². The Morgan fingerprint density at radius 3 is 3.00 bits per heavy atom. The minimum absolute atomic E-state index is 0.486. The maximum atomic E-state index is 8.73. The monoisotopic (exact) mass is 213 g/mol. The average Bonchev–Trinajstić information content (AvgIpc) is 2.79. The molecule has 1 aromatic heterocycles. The van der Waals surface area contributed by atoms with E-state index in [0.29, 0.717) is 17.8 Å². The number of benzene rings is 1. The zero-order valence-corrected chi connectivity index (χ0v) is 8.57. The number of nitrogen functional groups attached to an aromatic ring is 1. The number of nitriles is 1. The van der Waals surface area contributed by atoms with Crippen molar-refractivity contribution in [3.05, 3.63) is 41.7 Å². The van der Waals surface area contributed by atoms with E-state index in [1.165, 1.54) is 0 Å². The van der Waals surface area contributed by atoms with Crippen molar-refractivity contribution in [2.75, 3.05) is 11.1 Å². The molecule has 0 saturated heterocycles. The van der Waals surface area contributed by atoms with Crippen LogP contribution in [0, 0.1) is 11.3 Å². The Bertz CT molecular complexity index is 510. The van der Waals surface area contributed by atoms with Gasteiger partial charge in [0, 0.05) is 24.0 Å². The second-order valence-corrected chi connectivity index (χ2v) is 3.37. The van der Waals surface area contributed by atoms with Crippen LogP contribution in [0.3, 0.4) is 0 Å². The number of hydrogen-bond acceptors (Lipinski definition) is 4. The molecule has 0 bridgehead atoms. The number of aromatic amines is 1. The second kappa shape index (κ2) is 4.36. The molecule has 5 nitrogen and oxygen atoms in total. The molecule has 5 heteroatoms. The summed E-state index contributed by atoms with van der Waals surface area (Å²) in [5, 5.41) is 18.5. The highest BCUT2D eigenvalue weighted by Gasteiger charge is 2.00. The maximum absolute atomic E-state index is 8.73. The van der Waals surface area contributed by atoms with Crippen molar-refractivity contribution in [1.82, 2.24) is 10.2 Å². The standard InChI is InChI=1S/C11H11N5/c12-4-9-1-2-10(3-11(9)13)14-5-8-6-15-16-7-8/h1-3,6-7,14H,5,13H2,(H,15,16). The van der Waals surface area contributed by atoms with Crippen LogP contribution in [0.5, 0.6) is 0 Å². The summed E-state index contributed by atoms with van der Waals surface area (Å²) in [7, 11) is 0. The first-order valence-electron chi connectivity index (χ1n) is 4.81. The van der Waals surface area contributed by atoms with E-state index in [2.05, 4.69) is 15.5 Å².